The van der Waals surface area contributed by atoms with Gasteiger partial charge in [0.2, 0.25) is 0 Å². The zero-order valence-electron chi connectivity index (χ0n) is 12.1. The predicted octanol–water partition coefficient (Wildman–Crippen LogP) is 2.40. The number of aryl methyl sites for hydroxylation is 2. The lowest BCUT2D eigenvalue weighted by Crippen LogP contribution is -2.50. The molecule has 0 aliphatic heterocycles. The maximum absolute atomic E-state index is 10.6. The Hall–Kier alpha value is -1.39. The molecule has 106 valence electrons. The summed E-state index contributed by atoms with van der Waals surface area (Å²) in [5, 5.41) is 15.2. The van der Waals surface area contributed by atoms with Crippen LogP contribution < -0.4 is 5.32 Å². The van der Waals surface area contributed by atoms with Gasteiger partial charge >= 0.3 is 0 Å². The average molecular weight is 271 g/mol. The average Bonchev–Trinajstić information content (AvgIpc) is 3.02. The summed E-state index contributed by atoms with van der Waals surface area (Å²) in [6.45, 7) is 2.01. The first kappa shape index (κ1) is 12.4. The Balaban J connectivity index is 1.67. The number of fused-ring (bicyclic) bond motifs is 2. The minimum Gasteiger partial charge on any atom is -0.373 e. The first-order valence-corrected chi connectivity index (χ1v) is 7.45. The van der Waals surface area contributed by atoms with E-state index in [2.05, 4.69) is 20.9 Å². The molecule has 20 heavy (non-hydrogen) atoms. The second-order valence-corrected chi connectivity index (χ2v) is 6.60. The lowest BCUT2D eigenvalue weighted by Gasteiger charge is -2.41. The summed E-state index contributed by atoms with van der Waals surface area (Å²) in [4.78, 5) is 4.34. The molecule has 0 spiro atoms. The molecule has 4 nitrogen and oxygen atoms in total. The molecule has 1 unspecified atom stereocenters. The van der Waals surface area contributed by atoms with Crippen LogP contribution in [0, 0.1) is 12.8 Å². The smallest absolute Gasteiger partial charge is 0.146 e. The fraction of sp³-hybridized carbons (Fsp3) is 0.562. The Bertz CT molecular complexity index is 664. The number of hydrogen-bond donors (Lipinski definition) is 2. The molecular weight excluding hydrogens is 250 g/mol. The zero-order valence-corrected chi connectivity index (χ0v) is 12.1. The first-order chi connectivity index (χ1) is 9.58. The summed E-state index contributed by atoms with van der Waals surface area (Å²) >= 11 is 0. The van der Waals surface area contributed by atoms with Gasteiger partial charge in [0, 0.05) is 24.2 Å². The largest absolute Gasteiger partial charge is 0.373 e. The van der Waals surface area contributed by atoms with Crippen LogP contribution in [0.5, 0.6) is 0 Å². The minimum absolute atomic E-state index is 0.202. The van der Waals surface area contributed by atoms with Gasteiger partial charge in [-0.05, 0) is 50.7 Å². The van der Waals surface area contributed by atoms with E-state index in [0.29, 0.717) is 0 Å². The van der Waals surface area contributed by atoms with E-state index in [-0.39, 0.29) is 5.54 Å². The highest BCUT2D eigenvalue weighted by molar-refractivity contribution is 5.83. The lowest BCUT2D eigenvalue weighted by atomic mass is 9.77. The van der Waals surface area contributed by atoms with E-state index in [1.165, 1.54) is 25.7 Å². The van der Waals surface area contributed by atoms with Gasteiger partial charge in [-0.15, -0.1) is 0 Å². The van der Waals surface area contributed by atoms with Gasteiger partial charge < -0.3 is 9.67 Å². The quantitative estimate of drug-likeness (QED) is 0.843. The van der Waals surface area contributed by atoms with Crippen LogP contribution in [0.1, 0.15) is 43.3 Å². The molecule has 2 aromatic rings. The number of aromatic nitrogens is 2. The van der Waals surface area contributed by atoms with Crippen LogP contribution in [-0.2, 0) is 7.05 Å². The second kappa shape index (κ2) is 4.06. The van der Waals surface area contributed by atoms with Crippen LogP contribution in [0.15, 0.2) is 18.3 Å². The van der Waals surface area contributed by atoms with Crippen LogP contribution >= 0.6 is 0 Å². The van der Waals surface area contributed by atoms with Gasteiger partial charge in [-0.1, -0.05) is 0 Å². The fourth-order valence-electron chi connectivity index (χ4n) is 4.27. The van der Waals surface area contributed by atoms with Crippen molar-refractivity contribution in [3.8, 4) is 0 Å². The standard InChI is InChI=1S/C16H21N3O/c1-10-14-12(4-6-17-10)7-13(19(14)2)15(20)18-16-5-3-11(8-16)9-16/h4,6-7,11,15,18,20H,3,5,8-9H2,1-2H3. The molecule has 2 bridgehead atoms. The first-order valence-electron chi connectivity index (χ1n) is 7.45. The van der Waals surface area contributed by atoms with E-state index in [4.69, 9.17) is 0 Å². The molecular formula is C16H21N3O. The third kappa shape index (κ3) is 1.64. The van der Waals surface area contributed by atoms with E-state index in [9.17, 15) is 5.11 Å². The molecule has 0 aromatic carbocycles. The molecule has 5 rings (SSSR count). The summed E-state index contributed by atoms with van der Waals surface area (Å²) in [6.07, 6.45) is 6.22. The van der Waals surface area contributed by atoms with Gasteiger partial charge in [0.15, 0.2) is 0 Å². The molecule has 0 saturated heterocycles. The van der Waals surface area contributed by atoms with E-state index in [1.807, 2.05) is 26.2 Å². The topological polar surface area (TPSA) is 50.1 Å². The van der Waals surface area contributed by atoms with Crippen LogP contribution in [0.4, 0.5) is 0 Å². The van der Waals surface area contributed by atoms with Crippen LogP contribution in [0.2, 0.25) is 0 Å². The highest BCUT2D eigenvalue weighted by Gasteiger charge is 2.50. The summed E-state index contributed by atoms with van der Waals surface area (Å²) in [5.74, 6) is 0.897. The summed E-state index contributed by atoms with van der Waals surface area (Å²) in [6, 6.07) is 4.08. The second-order valence-electron chi connectivity index (χ2n) is 6.60. The monoisotopic (exact) mass is 271 g/mol. The maximum atomic E-state index is 10.6. The van der Waals surface area contributed by atoms with Crippen molar-refractivity contribution in [1.29, 1.82) is 0 Å². The number of nitrogens with one attached hydrogen (secondary N) is 1. The number of pyridine rings is 1. The molecule has 0 amide bonds. The van der Waals surface area contributed by atoms with Crippen LogP contribution in [-0.4, -0.2) is 20.2 Å². The zero-order chi connectivity index (χ0) is 13.9. The molecule has 4 heteroatoms. The summed E-state index contributed by atoms with van der Waals surface area (Å²) in [7, 11) is 2.01. The van der Waals surface area contributed by atoms with E-state index in [1.54, 1.807) is 0 Å². The number of rotatable bonds is 3. The summed E-state index contributed by atoms with van der Waals surface area (Å²) in [5.41, 5.74) is 3.25. The van der Waals surface area contributed by atoms with Gasteiger partial charge in [-0.3, -0.25) is 10.3 Å². The molecule has 1 atom stereocenters. The SMILES string of the molecule is Cc1nccc2cc(C(O)NC34CCC(C3)C4)n(C)c12. The van der Waals surface area contributed by atoms with Gasteiger partial charge in [0.05, 0.1) is 16.9 Å². The maximum Gasteiger partial charge on any atom is 0.146 e. The van der Waals surface area contributed by atoms with Gasteiger partial charge in [0.1, 0.15) is 6.23 Å². The number of aliphatic hydroxyl groups excluding tert-OH is 1. The van der Waals surface area contributed by atoms with Crippen molar-refractivity contribution >= 4 is 10.9 Å². The van der Waals surface area contributed by atoms with Gasteiger partial charge in [0.25, 0.3) is 0 Å². The van der Waals surface area contributed by atoms with Gasteiger partial charge in [-0.2, -0.15) is 0 Å². The molecule has 3 saturated carbocycles. The molecule has 3 fully saturated rings. The Morgan fingerprint density at radius 2 is 2.30 bits per heavy atom. The Labute approximate surface area is 118 Å². The van der Waals surface area contributed by atoms with Crippen LogP contribution in [0.25, 0.3) is 10.9 Å². The van der Waals surface area contributed by atoms with E-state index in [0.717, 1.165) is 28.2 Å². The Morgan fingerprint density at radius 3 is 2.95 bits per heavy atom. The predicted molar refractivity (Wildman–Crippen MR) is 78.2 cm³/mol. The van der Waals surface area contributed by atoms with Crippen molar-refractivity contribution in [3.05, 3.63) is 29.7 Å². The molecule has 2 aromatic heterocycles. The van der Waals surface area contributed by atoms with Crippen molar-refractivity contribution in [3.63, 3.8) is 0 Å². The normalized spacial score (nSPS) is 29.6. The molecule has 3 aliphatic rings. The third-order valence-electron chi connectivity index (χ3n) is 5.28. The van der Waals surface area contributed by atoms with Crippen molar-refractivity contribution in [2.75, 3.05) is 0 Å². The van der Waals surface area contributed by atoms with Crippen LogP contribution in [0.3, 0.4) is 0 Å². The minimum atomic E-state index is -0.592. The van der Waals surface area contributed by atoms with Crippen molar-refractivity contribution in [1.82, 2.24) is 14.9 Å². The van der Waals surface area contributed by atoms with Gasteiger partial charge in [-0.25, -0.2) is 0 Å². The number of nitrogens with zero attached hydrogens (tertiary/aromatic N) is 2. The van der Waals surface area contributed by atoms with Crippen molar-refractivity contribution in [2.24, 2.45) is 13.0 Å². The number of aliphatic hydroxyl groups is 1. The fourth-order valence-corrected chi connectivity index (χ4v) is 4.27. The van der Waals surface area contributed by atoms with E-state index < -0.39 is 6.23 Å². The van der Waals surface area contributed by atoms with Crippen molar-refractivity contribution in [2.45, 2.75) is 44.4 Å². The molecule has 2 N–H and O–H groups in total. The van der Waals surface area contributed by atoms with E-state index >= 15 is 0 Å². The molecule has 0 radical (unpaired) electrons. The van der Waals surface area contributed by atoms with Crippen molar-refractivity contribution < 1.29 is 5.11 Å². The highest BCUT2D eigenvalue weighted by Crippen LogP contribution is 2.52. The third-order valence-corrected chi connectivity index (χ3v) is 5.28. The number of hydrogen-bond acceptors (Lipinski definition) is 3. The Kier molecular flexibility index (Phi) is 2.51. The Morgan fingerprint density at radius 1 is 1.50 bits per heavy atom. The highest BCUT2D eigenvalue weighted by atomic mass is 16.3. The molecule has 2 heterocycles. The molecule has 3 aliphatic carbocycles. The summed E-state index contributed by atoms with van der Waals surface area (Å²) < 4.78 is 2.07. The lowest BCUT2D eigenvalue weighted by molar-refractivity contribution is 0.0541.